The molecule has 0 spiro atoms. The summed E-state index contributed by atoms with van der Waals surface area (Å²) in [7, 11) is 0. The minimum Gasteiger partial charge on any atom is -0.348 e. The van der Waals surface area contributed by atoms with Crippen LogP contribution in [-0.2, 0) is 19.5 Å². The lowest BCUT2D eigenvalue weighted by Crippen LogP contribution is -2.27. The van der Waals surface area contributed by atoms with Gasteiger partial charge in [0.2, 0.25) is 0 Å². The second kappa shape index (κ2) is 9.37. The molecule has 1 amide bonds. The number of benzene rings is 2. The maximum absolute atomic E-state index is 13.0. The highest BCUT2D eigenvalue weighted by Crippen LogP contribution is 2.18. The molecule has 36 heavy (non-hydrogen) atoms. The Morgan fingerprint density at radius 1 is 0.944 bits per heavy atom. The zero-order valence-corrected chi connectivity index (χ0v) is 19.9. The summed E-state index contributed by atoms with van der Waals surface area (Å²) < 4.78 is 3.75. The minimum absolute atomic E-state index is 0.0132. The Balaban J connectivity index is 1.18. The Labute approximate surface area is 207 Å². The van der Waals surface area contributed by atoms with Crippen molar-refractivity contribution in [1.29, 1.82) is 0 Å². The highest BCUT2D eigenvalue weighted by molar-refractivity contribution is 5.97. The molecule has 6 rings (SSSR count). The third-order valence-electron chi connectivity index (χ3n) is 6.79. The van der Waals surface area contributed by atoms with Crippen molar-refractivity contribution in [3.63, 3.8) is 0 Å². The molecule has 4 heterocycles. The standard InChI is InChI=1S/C28H26N6O2/c35-27(20-11-12-21-23(15-20)32-26-9-3-1-2-6-14-33(26)28(21)36)30-17-19-10-13-25(29-16-19)34-18-31-22-7-4-5-8-24(22)34/h4-5,7-8,10-13,15-16,18H,1-3,6,9,14,17H2,(H,30,35). The summed E-state index contributed by atoms with van der Waals surface area (Å²) in [6, 6.07) is 16.9. The number of hydrogen-bond donors (Lipinski definition) is 1. The van der Waals surface area contributed by atoms with E-state index in [2.05, 4.69) is 15.3 Å². The maximum atomic E-state index is 13.0. The smallest absolute Gasteiger partial charge is 0.261 e. The van der Waals surface area contributed by atoms with Gasteiger partial charge in [0.15, 0.2) is 0 Å². The highest BCUT2D eigenvalue weighted by Gasteiger charge is 2.15. The van der Waals surface area contributed by atoms with Crippen molar-refractivity contribution in [3.8, 4) is 5.82 Å². The number of para-hydroxylation sites is 2. The fourth-order valence-electron chi connectivity index (χ4n) is 4.83. The van der Waals surface area contributed by atoms with Crippen LogP contribution in [0.3, 0.4) is 0 Å². The molecule has 8 heteroatoms. The van der Waals surface area contributed by atoms with E-state index in [-0.39, 0.29) is 11.5 Å². The van der Waals surface area contributed by atoms with E-state index in [9.17, 15) is 9.59 Å². The molecule has 8 nitrogen and oxygen atoms in total. The largest absolute Gasteiger partial charge is 0.348 e. The van der Waals surface area contributed by atoms with Crippen LogP contribution in [-0.4, -0.2) is 30.0 Å². The number of aromatic nitrogens is 5. The predicted molar refractivity (Wildman–Crippen MR) is 138 cm³/mol. The molecule has 0 bridgehead atoms. The number of aryl methyl sites for hydroxylation is 1. The van der Waals surface area contributed by atoms with E-state index in [4.69, 9.17) is 4.98 Å². The van der Waals surface area contributed by atoms with Crippen LogP contribution in [0.1, 0.15) is 47.4 Å². The van der Waals surface area contributed by atoms with Gasteiger partial charge in [-0.1, -0.05) is 31.0 Å². The zero-order valence-electron chi connectivity index (χ0n) is 19.9. The molecule has 0 unspecified atom stereocenters. The first kappa shape index (κ1) is 22.2. The second-order valence-electron chi connectivity index (χ2n) is 9.19. The number of rotatable bonds is 4. The summed E-state index contributed by atoms with van der Waals surface area (Å²) in [4.78, 5) is 39.6. The number of carbonyl (C=O) groups is 1. The van der Waals surface area contributed by atoms with Gasteiger partial charge in [0.1, 0.15) is 18.0 Å². The summed E-state index contributed by atoms with van der Waals surface area (Å²) in [5.41, 5.74) is 3.84. The van der Waals surface area contributed by atoms with Gasteiger partial charge in [-0.2, -0.15) is 0 Å². The van der Waals surface area contributed by atoms with Crippen LogP contribution in [0.2, 0.25) is 0 Å². The number of pyridine rings is 1. The molecule has 0 atom stereocenters. The molecule has 0 radical (unpaired) electrons. The average Bonchev–Trinajstić information content (AvgIpc) is 3.33. The molecule has 0 aliphatic carbocycles. The summed E-state index contributed by atoms with van der Waals surface area (Å²) in [5, 5.41) is 3.51. The van der Waals surface area contributed by atoms with Crippen LogP contribution >= 0.6 is 0 Å². The van der Waals surface area contributed by atoms with Crippen LogP contribution < -0.4 is 10.9 Å². The van der Waals surface area contributed by atoms with E-state index in [0.717, 1.165) is 60.3 Å². The number of hydrogen-bond acceptors (Lipinski definition) is 5. The van der Waals surface area contributed by atoms with Gasteiger partial charge >= 0.3 is 0 Å². The normalized spacial score (nSPS) is 13.8. The second-order valence-corrected chi connectivity index (χ2v) is 9.19. The Bertz CT molecular complexity index is 1630. The van der Waals surface area contributed by atoms with E-state index in [1.54, 1.807) is 30.7 Å². The Hall–Kier alpha value is -4.33. The number of carbonyl (C=O) groups excluding carboxylic acids is 1. The van der Waals surface area contributed by atoms with E-state index in [1.165, 1.54) is 0 Å². The van der Waals surface area contributed by atoms with Gasteiger partial charge in [0.25, 0.3) is 11.5 Å². The lowest BCUT2D eigenvalue weighted by molar-refractivity contribution is 0.0951. The van der Waals surface area contributed by atoms with Crippen molar-refractivity contribution in [2.75, 3.05) is 0 Å². The minimum atomic E-state index is -0.213. The quantitative estimate of drug-likeness (QED) is 0.418. The van der Waals surface area contributed by atoms with Gasteiger partial charge in [-0.15, -0.1) is 0 Å². The molecule has 1 aliphatic rings. The van der Waals surface area contributed by atoms with Crippen molar-refractivity contribution in [1.82, 2.24) is 29.4 Å². The topological polar surface area (TPSA) is 94.7 Å². The molecule has 0 fully saturated rings. The summed E-state index contributed by atoms with van der Waals surface area (Å²) in [5.74, 6) is 1.37. The van der Waals surface area contributed by atoms with Gasteiger partial charge in [-0.25, -0.2) is 15.0 Å². The Kier molecular flexibility index (Phi) is 5.77. The lowest BCUT2D eigenvalue weighted by atomic mass is 10.1. The van der Waals surface area contributed by atoms with Gasteiger partial charge < -0.3 is 5.32 Å². The van der Waals surface area contributed by atoms with Crippen LogP contribution in [0.5, 0.6) is 0 Å². The maximum Gasteiger partial charge on any atom is 0.261 e. The molecule has 0 saturated heterocycles. The van der Waals surface area contributed by atoms with Crippen molar-refractivity contribution >= 4 is 27.8 Å². The molecule has 5 aromatic rings. The summed E-state index contributed by atoms with van der Waals surface area (Å²) in [6.45, 7) is 1.05. The van der Waals surface area contributed by atoms with Crippen molar-refractivity contribution in [2.24, 2.45) is 0 Å². The van der Waals surface area contributed by atoms with Gasteiger partial charge in [-0.05, 0) is 54.8 Å². The number of imidazole rings is 1. The third-order valence-corrected chi connectivity index (χ3v) is 6.79. The van der Waals surface area contributed by atoms with Crippen molar-refractivity contribution < 1.29 is 4.79 Å². The first-order valence-corrected chi connectivity index (χ1v) is 12.4. The zero-order chi connectivity index (χ0) is 24.5. The van der Waals surface area contributed by atoms with Crippen LogP contribution in [0.25, 0.3) is 27.8 Å². The number of nitrogens with one attached hydrogen (secondary N) is 1. The van der Waals surface area contributed by atoms with Gasteiger partial charge in [-0.3, -0.25) is 18.7 Å². The molecular weight excluding hydrogens is 452 g/mol. The number of fused-ring (bicyclic) bond motifs is 3. The fourth-order valence-corrected chi connectivity index (χ4v) is 4.83. The molecule has 1 aliphatic heterocycles. The van der Waals surface area contributed by atoms with E-state index >= 15 is 0 Å². The molecule has 180 valence electrons. The number of nitrogens with zero attached hydrogens (tertiary/aromatic N) is 5. The summed E-state index contributed by atoms with van der Waals surface area (Å²) in [6.07, 6.45) is 8.63. The first-order chi connectivity index (χ1) is 17.7. The van der Waals surface area contributed by atoms with Crippen molar-refractivity contribution in [2.45, 2.75) is 45.2 Å². The summed E-state index contributed by atoms with van der Waals surface area (Å²) >= 11 is 0. The van der Waals surface area contributed by atoms with E-state index in [0.29, 0.717) is 29.6 Å². The Morgan fingerprint density at radius 3 is 2.72 bits per heavy atom. The molecule has 2 aromatic carbocycles. The average molecular weight is 479 g/mol. The van der Waals surface area contributed by atoms with Crippen LogP contribution in [0.15, 0.2) is 71.9 Å². The van der Waals surface area contributed by atoms with Gasteiger partial charge in [0, 0.05) is 31.3 Å². The highest BCUT2D eigenvalue weighted by atomic mass is 16.1. The lowest BCUT2D eigenvalue weighted by Gasteiger charge is -2.16. The van der Waals surface area contributed by atoms with Crippen LogP contribution in [0, 0.1) is 0 Å². The fraction of sp³-hybridized carbons (Fsp3) is 0.250. The predicted octanol–water partition coefficient (Wildman–Crippen LogP) is 4.18. The van der Waals surface area contributed by atoms with E-state index < -0.39 is 0 Å². The Morgan fingerprint density at radius 2 is 1.83 bits per heavy atom. The van der Waals surface area contributed by atoms with Crippen molar-refractivity contribution in [3.05, 3.63) is 94.4 Å². The molecular formula is C28H26N6O2. The SMILES string of the molecule is O=C(NCc1ccc(-n2cnc3ccccc32)nc1)c1ccc2c(=O)n3c(nc2c1)CCCCCC3. The first-order valence-electron chi connectivity index (χ1n) is 12.4. The third kappa shape index (κ3) is 4.15. The molecule has 3 aromatic heterocycles. The monoisotopic (exact) mass is 478 g/mol. The van der Waals surface area contributed by atoms with Gasteiger partial charge in [0.05, 0.1) is 21.9 Å². The molecule has 0 saturated carbocycles. The van der Waals surface area contributed by atoms with E-state index in [1.807, 2.05) is 45.5 Å². The molecule has 1 N–H and O–H groups in total. The van der Waals surface area contributed by atoms with Crippen LogP contribution in [0.4, 0.5) is 0 Å². The number of amides is 1.